The molecular weight excluding hydrogens is 297 g/mol. The second-order valence-electron chi connectivity index (χ2n) is 5.56. The molecule has 22 heavy (non-hydrogen) atoms. The molecule has 9 heteroatoms. The number of aromatic nitrogens is 2. The molecular formula is C13H17F3N6. The Morgan fingerprint density at radius 1 is 1.45 bits per heavy atom. The summed E-state index contributed by atoms with van der Waals surface area (Å²) in [6.07, 6.45) is -0.0288. The van der Waals surface area contributed by atoms with Crippen LogP contribution in [-0.4, -0.2) is 29.2 Å². The molecule has 1 saturated carbocycles. The van der Waals surface area contributed by atoms with Gasteiger partial charge in [-0.2, -0.15) is 18.3 Å². The van der Waals surface area contributed by atoms with E-state index < -0.39 is 17.5 Å². The van der Waals surface area contributed by atoms with Crippen LogP contribution in [0.25, 0.3) is 0 Å². The van der Waals surface area contributed by atoms with E-state index >= 15 is 0 Å². The van der Waals surface area contributed by atoms with Crippen molar-refractivity contribution >= 4 is 6.21 Å². The number of nitrogens with one attached hydrogen (secondary N) is 2. The predicted molar refractivity (Wildman–Crippen MR) is 74.8 cm³/mol. The number of nitrogens with two attached hydrogens (primary N) is 1. The molecule has 0 amide bonds. The van der Waals surface area contributed by atoms with Gasteiger partial charge in [-0.15, -0.1) is 0 Å². The summed E-state index contributed by atoms with van der Waals surface area (Å²) in [5, 5.41) is 9.55. The van der Waals surface area contributed by atoms with E-state index in [0.29, 0.717) is 11.5 Å². The Balaban J connectivity index is 2.00. The van der Waals surface area contributed by atoms with E-state index in [9.17, 15) is 13.2 Å². The Hall–Kier alpha value is -2.03. The van der Waals surface area contributed by atoms with Gasteiger partial charge in [0.1, 0.15) is 11.4 Å². The zero-order valence-electron chi connectivity index (χ0n) is 12.2. The smallest absolute Gasteiger partial charge is 0.374 e. The molecule has 4 N–H and O–H groups in total. The molecule has 0 radical (unpaired) electrons. The fourth-order valence-electron chi connectivity index (χ4n) is 2.53. The zero-order chi connectivity index (χ0) is 16.1. The van der Waals surface area contributed by atoms with Crippen molar-refractivity contribution in [3.8, 4) is 0 Å². The summed E-state index contributed by atoms with van der Waals surface area (Å²) in [7, 11) is 3.15. The van der Waals surface area contributed by atoms with Crippen LogP contribution in [0.1, 0.15) is 30.0 Å². The summed E-state index contributed by atoms with van der Waals surface area (Å²) >= 11 is 0. The van der Waals surface area contributed by atoms with E-state index in [-0.39, 0.29) is 5.82 Å². The van der Waals surface area contributed by atoms with E-state index in [2.05, 4.69) is 20.7 Å². The molecule has 2 aliphatic rings. The molecule has 1 aromatic rings. The minimum atomic E-state index is -4.51. The van der Waals surface area contributed by atoms with Crippen molar-refractivity contribution in [2.45, 2.75) is 30.7 Å². The first kappa shape index (κ1) is 14.9. The van der Waals surface area contributed by atoms with Crippen LogP contribution in [0.15, 0.2) is 22.6 Å². The first-order chi connectivity index (χ1) is 10.2. The molecule has 120 valence electrons. The molecule has 0 aromatic carbocycles. The molecule has 1 aliphatic carbocycles. The topological polar surface area (TPSA) is 80.3 Å². The van der Waals surface area contributed by atoms with Gasteiger partial charge in [0.05, 0.1) is 11.3 Å². The number of rotatable bonds is 3. The van der Waals surface area contributed by atoms with Crippen molar-refractivity contribution in [1.82, 2.24) is 20.4 Å². The van der Waals surface area contributed by atoms with Crippen molar-refractivity contribution in [2.75, 3.05) is 7.05 Å². The lowest BCUT2D eigenvalue weighted by molar-refractivity contribution is -0.0875. The lowest BCUT2D eigenvalue weighted by Gasteiger charge is -2.33. The number of aryl methyl sites for hydroxylation is 1. The number of halogens is 3. The van der Waals surface area contributed by atoms with Gasteiger partial charge in [0.15, 0.2) is 0 Å². The van der Waals surface area contributed by atoms with Gasteiger partial charge in [-0.05, 0) is 12.8 Å². The van der Waals surface area contributed by atoms with Gasteiger partial charge in [0, 0.05) is 32.4 Å². The van der Waals surface area contributed by atoms with Gasteiger partial charge in [0.2, 0.25) is 5.79 Å². The van der Waals surface area contributed by atoms with E-state index in [0.717, 1.165) is 24.8 Å². The highest BCUT2D eigenvalue weighted by Crippen LogP contribution is 2.43. The van der Waals surface area contributed by atoms with Crippen LogP contribution < -0.4 is 16.4 Å². The quantitative estimate of drug-likeness (QED) is 0.778. The summed E-state index contributed by atoms with van der Waals surface area (Å²) in [5.74, 6) is -1.35. The molecule has 1 unspecified atom stereocenters. The second kappa shape index (κ2) is 4.73. The maximum absolute atomic E-state index is 13.0. The lowest BCUT2D eigenvalue weighted by atomic mass is 10.0. The van der Waals surface area contributed by atoms with Crippen molar-refractivity contribution < 1.29 is 13.2 Å². The highest BCUT2D eigenvalue weighted by atomic mass is 19.4. The van der Waals surface area contributed by atoms with E-state index in [1.807, 2.05) is 0 Å². The average Bonchev–Trinajstić information content (AvgIpc) is 3.19. The Morgan fingerprint density at radius 3 is 2.68 bits per heavy atom. The largest absolute Gasteiger partial charge is 0.421 e. The van der Waals surface area contributed by atoms with Crippen molar-refractivity contribution in [3.05, 3.63) is 28.8 Å². The maximum atomic E-state index is 13.0. The molecule has 0 bridgehead atoms. The Kier molecular flexibility index (Phi) is 3.20. The van der Waals surface area contributed by atoms with Gasteiger partial charge < -0.3 is 10.6 Å². The summed E-state index contributed by atoms with van der Waals surface area (Å²) in [4.78, 5) is 3.93. The summed E-state index contributed by atoms with van der Waals surface area (Å²) in [5.41, 5.74) is 6.74. The summed E-state index contributed by atoms with van der Waals surface area (Å²) in [6.45, 7) is 0. The third-order valence-electron chi connectivity index (χ3n) is 3.77. The van der Waals surface area contributed by atoms with E-state index in [4.69, 9.17) is 5.73 Å². The minimum Gasteiger partial charge on any atom is -0.374 e. The summed E-state index contributed by atoms with van der Waals surface area (Å²) in [6, 6.07) is 0. The number of allylic oxidation sites excluding steroid dienone is 1. The fraction of sp³-hybridized carbons (Fsp3) is 0.538. The van der Waals surface area contributed by atoms with Crippen LogP contribution in [0.3, 0.4) is 0 Å². The Bertz CT molecular complexity index is 655. The third kappa shape index (κ3) is 2.45. The van der Waals surface area contributed by atoms with Crippen molar-refractivity contribution in [2.24, 2.45) is 17.8 Å². The van der Waals surface area contributed by atoms with Crippen LogP contribution >= 0.6 is 0 Å². The van der Waals surface area contributed by atoms with Gasteiger partial charge >= 0.3 is 6.18 Å². The van der Waals surface area contributed by atoms with Gasteiger partial charge in [-0.3, -0.25) is 10.4 Å². The van der Waals surface area contributed by atoms with Gasteiger partial charge in [-0.1, -0.05) is 0 Å². The van der Waals surface area contributed by atoms with Gasteiger partial charge in [0.25, 0.3) is 0 Å². The first-order valence-electron chi connectivity index (χ1n) is 6.90. The van der Waals surface area contributed by atoms with Crippen LogP contribution in [-0.2, 0) is 12.8 Å². The maximum Gasteiger partial charge on any atom is 0.421 e. The number of nitrogens with zero attached hydrogens (tertiary/aromatic N) is 3. The van der Waals surface area contributed by atoms with Crippen LogP contribution in [0.5, 0.6) is 0 Å². The second-order valence-corrected chi connectivity index (χ2v) is 5.56. The van der Waals surface area contributed by atoms with E-state index in [1.54, 1.807) is 17.9 Å². The molecule has 1 fully saturated rings. The van der Waals surface area contributed by atoms with Gasteiger partial charge in [-0.25, -0.2) is 4.99 Å². The number of alkyl halides is 3. The normalized spacial score (nSPS) is 25.4. The molecule has 1 atom stereocenters. The average molecular weight is 314 g/mol. The molecule has 1 aliphatic heterocycles. The SMILES string of the molecule is CNC1=C(C(F)(F)F)C=NC(N)(c2cn(C)nc2C2CC2)N1. The zero-order valence-corrected chi connectivity index (χ0v) is 12.2. The Morgan fingerprint density at radius 2 is 2.14 bits per heavy atom. The van der Waals surface area contributed by atoms with E-state index in [1.165, 1.54) is 7.05 Å². The third-order valence-corrected chi connectivity index (χ3v) is 3.77. The molecule has 6 nitrogen and oxygen atoms in total. The minimum absolute atomic E-state index is 0.199. The number of hydrogen-bond acceptors (Lipinski definition) is 5. The highest BCUT2D eigenvalue weighted by molar-refractivity contribution is 5.82. The highest BCUT2D eigenvalue weighted by Gasteiger charge is 2.43. The van der Waals surface area contributed by atoms with Crippen molar-refractivity contribution in [1.29, 1.82) is 0 Å². The monoisotopic (exact) mass is 314 g/mol. The first-order valence-corrected chi connectivity index (χ1v) is 6.90. The van der Waals surface area contributed by atoms with Crippen LogP contribution in [0.2, 0.25) is 0 Å². The fourth-order valence-corrected chi connectivity index (χ4v) is 2.53. The van der Waals surface area contributed by atoms with Crippen LogP contribution in [0.4, 0.5) is 13.2 Å². The molecule has 0 spiro atoms. The predicted octanol–water partition coefficient (Wildman–Crippen LogP) is 1.03. The van der Waals surface area contributed by atoms with Crippen molar-refractivity contribution in [3.63, 3.8) is 0 Å². The molecule has 3 rings (SSSR count). The molecule has 0 saturated heterocycles. The lowest BCUT2D eigenvalue weighted by Crippen LogP contribution is -2.54. The Labute approximate surface area is 125 Å². The molecule has 2 heterocycles. The number of hydrogen-bond donors (Lipinski definition) is 3. The summed E-state index contributed by atoms with van der Waals surface area (Å²) < 4.78 is 40.5. The van der Waals surface area contributed by atoms with Crippen LogP contribution in [0, 0.1) is 0 Å². The standard InChI is InChI=1S/C13H17F3N6/c1-18-11-8(12(14,15)16)5-19-13(17,20-11)9-6-22(2)21-10(9)7-3-4-7/h5-7,18,20H,3-4,17H2,1-2H3. The number of aliphatic imine (C=N–C) groups is 1. The molecule has 1 aromatic heterocycles.